The van der Waals surface area contributed by atoms with Crippen LogP contribution in [0.2, 0.25) is 0 Å². The summed E-state index contributed by atoms with van der Waals surface area (Å²) in [6.07, 6.45) is 0. The molecule has 0 aliphatic heterocycles. The van der Waals surface area contributed by atoms with E-state index in [-0.39, 0.29) is 16.2 Å². The molecule has 0 radical (unpaired) electrons. The van der Waals surface area contributed by atoms with Crippen LogP contribution in [-0.2, 0) is 16.2 Å². The molecule has 1 heterocycles. The van der Waals surface area contributed by atoms with E-state index in [4.69, 9.17) is 0 Å². The molecule has 10 aromatic rings. The van der Waals surface area contributed by atoms with Crippen LogP contribution in [0.15, 0.2) is 182 Å². The minimum atomic E-state index is 0.0159. The molecule has 0 aliphatic rings. The van der Waals surface area contributed by atoms with Crippen molar-refractivity contribution in [1.29, 1.82) is 0 Å². The van der Waals surface area contributed by atoms with Crippen LogP contribution in [0.4, 0.5) is 0 Å². The predicted octanol–water partition coefficient (Wildman–Crippen LogP) is 17.7. The maximum Gasteiger partial charge on any atom is 0.0541 e. The average Bonchev–Trinajstić information content (AvgIpc) is 3.61. The molecular formula is C62H57N. The smallest absolute Gasteiger partial charge is 0.0541 e. The van der Waals surface area contributed by atoms with Crippen molar-refractivity contribution in [3.8, 4) is 50.2 Å². The van der Waals surface area contributed by atoms with Crippen LogP contribution in [0.5, 0.6) is 0 Å². The third kappa shape index (κ3) is 7.24. The molecule has 0 unspecified atom stereocenters. The Morgan fingerprint density at radius 1 is 0.270 bits per heavy atom. The summed E-state index contributed by atoms with van der Waals surface area (Å²) in [6.45, 7) is 20.8. The molecule has 0 atom stereocenters. The molecule has 0 saturated carbocycles. The summed E-state index contributed by atoms with van der Waals surface area (Å²) in [5, 5.41) is 7.75. The van der Waals surface area contributed by atoms with Gasteiger partial charge in [-0.3, -0.25) is 0 Å². The van der Waals surface area contributed by atoms with Gasteiger partial charge in [0.1, 0.15) is 0 Å². The highest BCUT2D eigenvalue weighted by Crippen LogP contribution is 2.46. The molecule has 310 valence electrons. The van der Waals surface area contributed by atoms with E-state index in [1.807, 2.05) is 0 Å². The zero-order valence-electron chi connectivity index (χ0n) is 38.3. The Morgan fingerprint density at radius 2 is 0.619 bits per heavy atom. The Balaban J connectivity index is 1.07. The molecule has 0 N–H and O–H groups in total. The number of benzene rings is 9. The monoisotopic (exact) mass is 815 g/mol. The normalized spacial score (nSPS) is 12.5. The zero-order chi connectivity index (χ0) is 43.8. The number of para-hydroxylation sites is 1. The Morgan fingerprint density at radius 3 is 1.10 bits per heavy atom. The number of hydrogen-bond donors (Lipinski definition) is 0. The molecule has 10 rings (SSSR count). The van der Waals surface area contributed by atoms with Crippen LogP contribution >= 0.6 is 0 Å². The van der Waals surface area contributed by atoms with Crippen LogP contribution in [-0.4, -0.2) is 4.57 Å². The molecule has 63 heavy (non-hydrogen) atoms. The summed E-state index contributed by atoms with van der Waals surface area (Å²) in [6, 6.07) is 68.5. The van der Waals surface area contributed by atoms with Crippen molar-refractivity contribution < 1.29 is 0 Å². The topological polar surface area (TPSA) is 4.93 Å². The van der Waals surface area contributed by atoms with Crippen LogP contribution in [0.1, 0.15) is 79.0 Å². The van der Waals surface area contributed by atoms with Gasteiger partial charge < -0.3 is 4.57 Å². The Hall–Kier alpha value is -6.70. The number of aromatic nitrogens is 1. The maximum absolute atomic E-state index is 2.46. The molecule has 9 aromatic carbocycles. The van der Waals surface area contributed by atoms with Gasteiger partial charge in [0, 0.05) is 16.5 Å². The first-order chi connectivity index (χ1) is 30.1. The summed E-state index contributed by atoms with van der Waals surface area (Å²) in [5.74, 6) is 0. The fraction of sp³-hybridized carbons (Fsp3) is 0.194. The van der Waals surface area contributed by atoms with Crippen LogP contribution in [0.3, 0.4) is 0 Å². The minimum Gasteiger partial charge on any atom is -0.309 e. The second kappa shape index (κ2) is 15.0. The van der Waals surface area contributed by atoms with Gasteiger partial charge >= 0.3 is 0 Å². The van der Waals surface area contributed by atoms with E-state index < -0.39 is 0 Å². The highest BCUT2D eigenvalue weighted by Gasteiger charge is 2.23. The fourth-order valence-electron chi connectivity index (χ4n) is 9.60. The van der Waals surface area contributed by atoms with Crippen molar-refractivity contribution in [3.05, 3.63) is 199 Å². The van der Waals surface area contributed by atoms with E-state index in [9.17, 15) is 0 Å². The molecule has 0 aliphatic carbocycles. The van der Waals surface area contributed by atoms with E-state index in [0.29, 0.717) is 0 Å². The molecule has 0 amide bonds. The third-order valence-electron chi connectivity index (χ3n) is 13.3. The Kier molecular flexibility index (Phi) is 9.61. The van der Waals surface area contributed by atoms with Gasteiger partial charge in [-0.15, -0.1) is 0 Å². The van der Waals surface area contributed by atoms with Crippen LogP contribution < -0.4 is 0 Å². The number of hydrogen-bond acceptors (Lipinski definition) is 0. The summed E-state index contributed by atoms with van der Waals surface area (Å²) < 4.78 is 2.41. The summed E-state index contributed by atoms with van der Waals surface area (Å²) in [7, 11) is 0. The first-order valence-corrected chi connectivity index (χ1v) is 22.6. The molecule has 0 fully saturated rings. The molecule has 1 aromatic heterocycles. The van der Waals surface area contributed by atoms with Crippen molar-refractivity contribution in [2.24, 2.45) is 0 Å². The lowest BCUT2D eigenvalue weighted by molar-refractivity contribution is 0.590. The van der Waals surface area contributed by atoms with Gasteiger partial charge in [0.25, 0.3) is 0 Å². The maximum atomic E-state index is 2.46. The summed E-state index contributed by atoms with van der Waals surface area (Å²) >= 11 is 0. The number of nitrogens with zero attached hydrogens (tertiary/aromatic N) is 1. The molecule has 1 heteroatoms. The minimum absolute atomic E-state index is 0.0159. The van der Waals surface area contributed by atoms with Gasteiger partial charge in [-0.1, -0.05) is 196 Å². The zero-order valence-corrected chi connectivity index (χ0v) is 38.3. The molecule has 1 nitrogen and oxygen atoms in total. The average molecular weight is 816 g/mol. The van der Waals surface area contributed by atoms with Gasteiger partial charge in [0.05, 0.1) is 11.0 Å². The number of rotatable bonds is 5. The van der Waals surface area contributed by atoms with Gasteiger partial charge in [0.2, 0.25) is 0 Å². The Labute approximate surface area is 373 Å². The van der Waals surface area contributed by atoms with E-state index in [0.717, 1.165) is 0 Å². The van der Waals surface area contributed by atoms with Crippen molar-refractivity contribution in [2.45, 2.75) is 78.6 Å². The molecule has 0 spiro atoms. The second-order valence-electron chi connectivity index (χ2n) is 20.7. The SMILES string of the molecule is CC(C)(C)c1ccc2c(-c3ccc(-c4ccc(-c5ccc6c(c5)c5cc(C(C)(C)C)ccc5n6-c5ccccc5)cc4)cc3)c3cc(C(C)(C)C)ccc3c(-c3ccccc3)c2c1. The highest BCUT2D eigenvalue weighted by molar-refractivity contribution is 6.21. The quantitative estimate of drug-likeness (QED) is 0.153. The van der Waals surface area contributed by atoms with Gasteiger partial charge in [-0.2, -0.15) is 0 Å². The van der Waals surface area contributed by atoms with E-state index >= 15 is 0 Å². The van der Waals surface area contributed by atoms with E-state index in [2.05, 4.69) is 249 Å². The molecular weight excluding hydrogens is 759 g/mol. The highest BCUT2D eigenvalue weighted by atomic mass is 15.0. The van der Waals surface area contributed by atoms with Crippen LogP contribution in [0.25, 0.3) is 93.5 Å². The van der Waals surface area contributed by atoms with E-state index in [1.165, 1.54) is 110 Å². The lowest BCUT2D eigenvalue weighted by Gasteiger charge is -2.25. The molecule has 0 saturated heterocycles. The van der Waals surface area contributed by atoms with Gasteiger partial charge in [0.15, 0.2) is 0 Å². The largest absolute Gasteiger partial charge is 0.309 e. The first kappa shape index (κ1) is 40.4. The summed E-state index contributed by atoms with van der Waals surface area (Å²) in [4.78, 5) is 0. The second-order valence-corrected chi connectivity index (χ2v) is 20.7. The lowest BCUT2D eigenvalue weighted by atomic mass is 9.79. The standard InChI is InChI=1S/C62H57N/c1-60(2,3)46-30-33-51-54(38-46)58(43-16-12-10-13-17-43)50-32-29-47(61(4,5)6)39-55(50)59(51)44-26-24-41(25-27-44)40-20-22-42(23-21-40)45-28-34-56-52(36-45)53-37-48(62(7,8)9)31-35-57(53)63(56)49-18-14-11-15-19-49/h10-39H,1-9H3. The van der Waals surface area contributed by atoms with Crippen LogP contribution in [0, 0.1) is 0 Å². The van der Waals surface area contributed by atoms with Crippen molar-refractivity contribution >= 4 is 43.4 Å². The number of fused-ring (bicyclic) bond motifs is 5. The predicted molar refractivity (Wildman–Crippen MR) is 274 cm³/mol. The lowest BCUT2D eigenvalue weighted by Crippen LogP contribution is -2.11. The Bertz CT molecular complexity index is 3320. The van der Waals surface area contributed by atoms with Crippen molar-refractivity contribution in [2.75, 3.05) is 0 Å². The third-order valence-corrected chi connectivity index (χ3v) is 13.3. The molecule has 0 bridgehead atoms. The van der Waals surface area contributed by atoms with Gasteiger partial charge in [-0.05, 0) is 148 Å². The first-order valence-electron chi connectivity index (χ1n) is 22.6. The van der Waals surface area contributed by atoms with Gasteiger partial charge in [-0.25, -0.2) is 0 Å². The summed E-state index contributed by atoms with van der Waals surface area (Å²) in [5.41, 5.74) is 17.7. The van der Waals surface area contributed by atoms with Crippen molar-refractivity contribution in [1.82, 2.24) is 4.57 Å². The van der Waals surface area contributed by atoms with E-state index in [1.54, 1.807) is 0 Å². The fourth-order valence-corrected chi connectivity index (χ4v) is 9.60. The van der Waals surface area contributed by atoms with Crippen molar-refractivity contribution in [3.63, 3.8) is 0 Å².